The summed E-state index contributed by atoms with van der Waals surface area (Å²) in [7, 11) is 1.46. The van der Waals surface area contributed by atoms with Gasteiger partial charge in [-0.25, -0.2) is 4.39 Å². The van der Waals surface area contributed by atoms with Gasteiger partial charge in [-0.2, -0.15) is 0 Å². The second-order valence-corrected chi connectivity index (χ2v) is 4.04. The highest BCUT2D eigenvalue weighted by molar-refractivity contribution is 6.10. The summed E-state index contributed by atoms with van der Waals surface area (Å²) in [4.78, 5) is 12.3. The number of halogens is 1. The molecule has 92 valence electrons. The van der Waals surface area contributed by atoms with E-state index in [0.29, 0.717) is 11.3 Å². The van der Waals surface area contributed by atoms with E-state index >= 15 is 0 Å². The second-order valence-electron chi connectivity index (χ2n) is 4.04. The number of carbonyl (C=O) groups is 1. The number of rotatable bonds is 3. The topological polar surface area (TPSA) is 26.3 Å². The van der Waals surface area contributed by atoms with Crippen molar-refractivity contribution >= 4 is 5.78 Å². The van der Waals surface area contributed by atoms with Crippen molar-refractivity contribution in [3.8, 4) is 5.75 Å². The van der Waals surface area contributed by atoms with Crippen LogP contribution in [0.25, 0.3) is 0 Å². The van der Waals surface area contributed by atoms with E-state index in [-0.39, 0.29) is 11.3 Å². The molecule has 0 radical (unpaired) electrons. The lowest BCUT2D eigenvalue weighted by Gasteiger charge is -2.08. The predicted octanol–water partition coefficient (Wildman–Crippen LogP) is 3.37. The average molecular weight is 244 g/mol. The molecule has 2 aromatic rings. The summed E-state index contributed by atoms with van der Waals surface area (Å²) < 4.78 is 18.3. The predicted molar refractivity (Wildman–Crippen MR) is 67.6 cm³/mol. The van der Waals surface area contributed by atoms with Crippen LogP contribution in [-0.4, -0.2) is 12.9 Å². The Bertz CT molecular complexity index is 591. The molecule has 0 aromatic heterocycles. The van der Waals surface area contributed by atoms with Gasteiger partial charge in [0.25, 0.3) is 0 Å². The molecular formula is C15H13FO2. The quantitative estimate of drug-likeness (QED) is 0.774. The molecule has 0 fully saturated rings. The first-order chi connectivity index (χ1) is 8.61. The fourth-order valence-corrected chi connectivity index (χ4v) is 1.80. The minimum absolute atomic E-state index is 0.239. The van der Waals surface area contributed by atoms with E-state index in [9.17, 15) is 9.18 Å². The monoisotopic (exact) mass is 244 g/mol. The third kappa shape index (κ3) is 2.40. The summed E-state index contributed by atoms with van der Waals surface area (Å²) in [5, 5.41) is 0. The molecular weight excluding hydrogens is 231 g/mol. The molecule has 0 heterocycles. The molecule has 0 bridgehead atoms. The zero-order valence-corrected chi connectivity index (χ0v) is 10.2. The van der Waals surface area contributed by atoms with Crippen LogP contribution in [0.4, 0.5) is 4.39 Å². The summed E-state index contributed by atoms with van der Waals surface area (Å²) in [6.07, 6.45) is 0. The zero-order valence-electron chi connectivity index (χ0n) is 10.2. The van der Waals surface area contributed by atoms with Crippen molar-refractivity contribution in [2.45, 2.75) is 6.92 Å². The van der Waals surface area contributed by atoms with Crippen molar-refractivity contribution in [1.82, 2.24) is 0 Å². The Kier molecular flexibility index (Phi) is 3.42. The van der Waals surface area contributed by atoms with Crippen LogP contribution in [0.1, 0.15) is 21.5 Å². The fraction of sp³-hybridized carbons (Fsp3) is 0.133. The summed E-state index contributed by atoms with van der Waals surface area (Å²) in [6, 6.07) is 11.1. The molecule has 0 unspecified atom stereocenters. The Morgan fingerprint density at radius 3 is 2.61 bits per heavy atom. The average Bonchev–Trinajstić information content (AvgIpc) is 2.38. The normalized spacial score (nSPS) is 10.2. The molecule has 0 saturated heterocycles. The summed E-state index contributed by atoms with van der Waals surface area (Å²) in [6.45, 7) is 1.90. The zero-order chi connectivity index (χ0) is 13.1. The van der Waals surface area contributed by atoms with Crippen molar-refractivity contribution in [3.05, 3.63) is 65.0 Å². The number of ether oxygens (including phenoxy) is 1. The minimum Gasteiger partial charge on any atom is -0.496 e. The molecule has 0 aliphatic rings. The Balaban J connectivity index is 2.48. The van der Waals surface area contributed by atoms with Crippen LogP contribution in [0.2, 0.25) is 0 Å². The maximum Gasteiger partial charge on any atom is 0.196 e. The SMILES string of the molecule is COc1ccc(F)cc1C(=O)c1cccc(C)c1. The fourth-order valence-electron chi connectivity index (χ4n) is 1.80. The number of aryl methyl sites for hydroxylation is 1. The van der Waals surface area contributed by atoms with E-state index in [1.54, 1.807) is 18.2 Å². The molecule has 18 heavy (non-hydrogen) atoms. The van der Waals surface area contributed by atoms with Gasteiger partial charge in [0.1, 0.15) is 11.6 Å². The number of ketones is 1. The van der Waals surface area contributed by atoms with Crippen LogP contribution in [0, 0.1) is 12.7 Å². The molecule has 3 heteroatoms. The Morgan fingerprint density at radius 2 is 1.94 bits per heavy atom. The van der Waals surface area contributed by atoms with Crippen LogP contribution < -0.4 is 4.74 Å². The maximum absolute atomic E-state index is 13.2. The molecule has 0 atom stereocenters. The van der Waals surface area contributed by atoms with E-state index in [0.717, 1.165) is 5.56 Å². The largest absolute Gasteiger partial charge is 0.496 e. The van der Waals surface area contributed by atoms with E-state index in [1.165, 1.54) is 25.3 Å². The van der Waals surface area contributed by atoms with Gasteiger partial charge in [-0.1, -0.05) is 23.8 Å². The van der Waals surface area contributed by atoms with Gasteiger partial charge in [0.2, 0.25) is 0 Å². The maximum atomic E-state index is 13.2. The number of hydrogen-bond acceptors (Lipinski definition) is 2. The first-order valence-corrected chi connectivity index (χ1v) is 5.56. The van der Waals surface area contributed by atoms with E-state index in [4.69, 9.17) is 4.74 Å². The smallest absolute Gasteiger partial charge is 0.196 e. The molecule has 2 rings (SSSR count). The number of hydrogen-bond donors (Lipinski definition) is 0. The van der Waals surface area contributed by atoms with Crippen molar-refractivity contribution in [3.63, 3.8) is 0 Å². The molecule has 0 spiro atoms. The highest BCUT2D eigenvalue weighted by atomic mass is 19.1. The summed E-state index contributed by atoms with van der Waals surface area (Å²) >= 11 is 0. The standard InChI is InChI=1S/C15H13FO2/c1-10-4-3-5-11(8-10)15(17)13-9-12(16)6-7-14(13)18-2/h3-9H,1-2H3. The lowest BCUT2D eigenvalue weighted by Crippen LogP contribution is -2.04. The van der Waals surface area contributed by atoms with Gasteiger partial charge >= 0.3 is 0 Å². The van der Waals surface area contributed by atoms with E-state index in [1.807, 2.05) is 13.0 Å². The van der Waals surface area contributed by atoms with Gasteiger partial charge in [0.05, 0.1) is 12.7 Å². The molecule has 0 aliphatic carbocycles. The van der Waals surface area contributed by atoms with Crippen LogP contribution in [0.15, 0.2) is 42.5 Å². The number of benzene rings is 2. The lowest BCUT2D eigenvalue weighted by molar-refractivity contribution is 0.103. The lowest BCUT2D eigenvalue weighted by atomic mass is 10.0. The van der Waals surface area contributed by atoms with Crippen LogP contribution >= 0.6 is 0 Å². The first kappa shape index (κ1) is 12.3. The van der Waals surface area contributed by atoms with Crippen LogP contribution in [-0.2, 0) is 0 Å². The summed E-state index contributed by atoms with van der Waals surface area (Å²) in [5.74, 6) is -0.315. The van der Waals surface area contributed by atoms with Crippen molar-refractivity contribution in [2.24, 2.45) is 0 Å². The molecule has 2 aromatic carbocycles. The van der Waals surface area contributed by atoms with E-state index < -0.39 is 5.82 Å². The molecule has 0 amide bonds. The van der Waals surface area contributed by atoms with Crippen LogP contribution in [0.5, 0.6) is 5.75 Å². The molecule has 0 aliphatic heterocycles. The number of methoxy groups -OCH3 is 1. The summed E-state index contributed by atoms with van der Waals surface area (Å²) in [5.41, 5.74) is 1.75. The Labute approximate surface area is 105 Å². The molecule has 2 nitrogen and oxygen atoms in total. The number of carbonyl (C=O) groups excluding carboxylic acids is 1. The van der Waals surface area contributed by atoms with E-state index in [2.05, 4.69) is 0 Å². The van der Waals surface area contributed by atoms with Gasteiger partial charge in [0.15, 0.2) is 5.78 Å². The van der Waals surface area contributed by atoms with Gasteiger partial charge in [-0.05, 0) is 31.2 Å². The highest BCUT2D eigenvalue weighted by Gasteiger charge is 2.15. The molecule has 0 N–H and O–H groups in total. The van der Waals surface area contributed by atoms with Gasteiger partial charge in [0, 0.05) is 5.56 Å². The van der Waals surface area contributed by atoms with Crippen molar-refractivity contribution in [1.29, 1.82) is 0 Å². The van der Waals surface area contributed by atoms with Gasteiger partial charge in [-0.15, -0.1) is 0 Å². The van der Waals surface area contributed by atoms with Crippen molar-refractivity contribution < 1.29 is 13.9 Å². The van der Waals surface area contributed by atoms with Crippen molar-refractivity contribution in [2.75, 3.05) is 7.11 Å². The minimum atomic E-state index is -0.452. The van der Waals surface area contributed by atoms with Gasteiger partial charge < -0.3 is 4.74 Å². The third-order valence-electron chi connectivity index (χ3n) is 2.69. The molecule has 0 saturated carbocycles. The highest BCUT2D eigenvalue weighted by Crippen LogP contribution is 2.22. The van der Waals surface area contributed by atoms with Crippen LogP contribution in [0.3, 0.4) is 0 Å². The first-order valence-electron chi connectivity index (χ1n) is 5.56. The third-order valence-corrected chi connectivity index (χ3v) is 2.69. The Morgan fingerprint density at radius 1 is 1.17 bits per heavy atom. The van der Waals surface area contributed by atoms with Gasteiger partial charge in [-0.3, -0.25) is 4.79 Å². The Hall–Kier alpha value is -2.16. The second kappa shape index (κ2) is 5.00.